The van der Waals surface area contributed by atoms with Gasteiger partial charge in [-0.05, 0) is 30.7 Å². The number of nitrogens with one attached hydrogen (secondary N) is 1. The van der Waals surface area contributed by atoms with Crippen LogP contribution in [-0.4, -0.2) is 38.8 Å². The maximum absolute atomic E-state index is 11.4. The van der Waals surface area contributed by atoms with Crippen molar-refractivity contribution in [2.75, 3.05) is 31.6 Å². The molecule has 1 aromatic rings. The van der Waals surface area contributed by atoms with Crippen molar-refractivity contribution in [2.24, 2.45) is 0 Å². The van der Waals surface area contributed by atoms with Crippen LogP contribution in [-0.2, 0) is 4.74 Å². The quantitative estimate of drug-likeness (QED) is 0.843. The van der Waals surface area contributed by atoms with E-state index in [1.54, 1.807) is 0 Å². The van der Waals surface area contributed by atoms with Crippen molar-refractivity contribution in [3.8, 4) is 0 Å². The van der Waals surface area contributed by atoms with Crippen molar-refractivity contribution in [1.29, 1.82) is 0 Å². The van der Waals surface area contributed by atoms with Gasteiger partial charge in [-0.1, -0.05) is 13.3 Å². The van der Waals surface area contributed by atoms with Crippen LogP contribution in [0.1, 0.15) is 30.1 Å². The van der Waals surface area contributed by atoms with Crippen LogP contribution in [0.2, 0.25) is 0 Å². The number of piperazine rings is 1. The number of carbonyl (C=O) groups excluding carboxylic acids is 1. The Labute approximate surface area is 114 Å². The normalized spacial score (nSPS) is 19.3. The maximum atomic E-state index is 11.4. The highest BCUT2D eigenvalue weighted by atomic mass is 16.5. The molecule has 0 aromatic heterocycles. The average Bonchev–Trinajstić information content (AvgIpc) is 2.47. The monoisotopic (exact) mass is 262 g/mol. The zero-order valence-electron chi connectivity index (χ0n) is 11.7. The number of carbonyl (C=O) groups is 1. The first-order valence-corrected chi connectivity index (χ1v) is 6.92. The second-order valence-corrected chi connectivity index (χ2v) is 4.88. The molecule has 1 N–H and O–H groups in total. The Morgan fingerprint density at radius 1 is 1.42 bits per heavy atom. The Bertz CT molecular complexity index is 415. The molecule has 0 aliphatic carbocycles. The van der Waals surface area contributed by atoms with Crippen LogP contribution in [0.5, 0.6) is 0 Å². The first-order valence-electron chi connectivity index (χ1n) is 6.92. The largest absolute Gasteiger partial charge is 0.465 e. The zero-order valence-corrected chi connectivity index (χ0v) is 11.7. The number of hydrogen-bond acceptors (Lipinski definition) is 4. The number of esters is 1. The van der Waals surface area contributed by atoms with Crippen LogP contribution >= 0.6 is 0 Å². The highest BCUT2D eigenvalue weighted by Gasteiger charge is 2.21. The Kier molecular flexibility index (Phi) is 4.80. The van der Waals surface area contributed by atoms with E-state index in [4.69, 9.17) is 4.74 Å². The molecule has 1 aliphatic heterocycles. The van der Waals surface area contributed by atoms with Gasteiger partial charge in [-0.2, -0.15) is 0 Å². The van der Waals surface area contributed by atoms with E-state index in [0.29, 0.717) is 11.6 Å². The van der Waals surface area contributed by atoms with Gasteiger partial charge in [0.1, 0.15) is 0 Å². The van der Waals surface area contributed by atoms with Crippen LogP contribution in [0.25, 0.3) is 0 Å². The lowest BCUT2D eigenvalue weighted by molar-refractivity contribution is 0.0601. The molecule has 4 heteroatoms. The van der Waals surface area contributed by atoms with E-state index in [-0.39, 0.29) is 5.97 Å². The van der Waals surface area contributed by atoms with Gasteiger partial charge in [-0.25, -0.2) is 4.79 Å². The van der Waals surface area contributed by atoms with Gasteiger partial charge in [0.2, 0.25) is 0 Å². The van der Waals surface area contributed by atoms with Gasteiger partial charge in [0, 0.05) is 31.4 Å². The molecular weight excluding hydrogens is 240 g/mol. The first-order chi connectivity index (χ1) is 9.26. The number of hydrogen-bond donors (Lipinski definition) is 1. The third-order valence-corrected chi connectivity index (χ3v) is 3.59. The fourth-order valence-electron chi connectivity index (χ4n) is 2.60. The smallest absolute Gasteiger partial charge is 0.337 e. The minimum atomic E-state index is -0.281. The topological polar surface area (TPSA) is 41.6 Å². The highest BCUT2D eigenvalue weighted by Crippen LogP contribution is 2.21. The van der Waals surface area contributed by atoms with Crippen molar-refractivity contribution in [3.05, 3.63) is 29.8 Å². The molecule has 0 spiro atoms. The van der Waals surface area contributed by atoms with Crippen molar-refractivity contribution in [1.82, 2.24) is 5.32 Å². The molecule has 0 bridgehead atoms. The van der Waals surface area contributed by atoms with E-state index in [1.165, 1.54) is 25.6 Å². The fourth-order valence-corrected chi connectivity index (χ4v) is 2.60. The molecule has 1 fully saturated rings. The van der Waals surface area contributed by atoms with Crippen LogP contribution < -0.4 is 10.2 Å². The summed E-state index contributed by atoms with van der Waals surface area (Å²) in [7, 11) is 1.41. The number of nitrogens with zero attached hydrogens (tertiary/aromatic N) is 1. The number of benzene rings is 1. The summed E-state index contributed by atoms with van der Waals surface area (Å²) in [6, 6.07) is 8.25. The van der Waals surface area contributed by atoms with Gasteiger partial charge in [0.25, 0.3) is 0 Å². The van der Waals surface area contributed by atoms with Gasteiger partial charge in [-0.15, -0.1) is 0 Å². The van der Waals surface area contributed by atoms with E-state index in [9.17, 15) is 4.79 Å². The van der Waals surface area contributed by atoms with E-state index >= 15 is 0 Å². The summed E-state index contributed by atoms with van der Waals surface area (Å²) in [6.45, 7) is 5.28. The molecule has 0 amide bonds. The number of rotatable bonds is 4. The molecule has 2 rings (SSSR count). The number of methoxy groups -OCH3 is 1. The first kappa shape index (κ1) is 13.9. The van der Waals surface area contributed by atoms with Crippen LogP contribution in [0.4, 0.5) is 5.69 Å². The molecule has 19 heavy (non-hydrogen) atoms. The standard InChI is InChI=1S/C15H22N2O2/c1-3-4-14-11-16-9-10-17(14)13-7-5-12(6-8-13)15(18)19-2/h5-8,14,16H,3-4,9-11H2,1-2H3/t14-/m0/s1. The van der Waals surface area contributed by atoms with Crippen LogP contribution in [0.3, 0.4) is 0 Å². The average molecular weight is 262 g/mol. The van der Waals surface area contributed by atoms with E-state index in [2.05, 4.69) is 17.1 Å². The van der Waals surface area contributed by atoms with Gasteiger partial charge < -0.3 is 15.0 Å². The summed E-state index contributed by atoms with van der Waals surface area (Å²) in [5, 5.41) is 3.44. The predicted molar refractivity (Wildman–Crippen MR) is 76.7 cm³/mol. The predicted octanol–water partition coefficient (Wildman–Crippen LogP) is 2.05. The molecule has 1 saturated heterocycles. The molecular formula is C15H22N2O2. The highest BCUT2D eigenvalue weighted by molar-refractivity contribution is 5.89. The van der Waals surface area contributed by atoms with Crippen molar-refractivity contribution < 1.29 is 9.53 Å². The molecule has 104 valence electrons. The van der Waals surface area contributed by atoms with Crippen molar-refractivity contribution in [3.63, 3.8) is 0 Å². The Morgan fingerprint density at radius 2 is 2.16 bits per heavy atom. The van der Waals surface area contributed by atoms with Gasteiger partial charge in [-0.3, -0.25) is 0 Å². The number of anilines is 1. The third-order valence-electron chi connectivity index (χ3n) is 3.59. The summed E-state index contributed by atoms with van der Waals surface area (Å²) in [5.41, 5.74) is 1.79. The second-order valence-electron chi connectivity index (χ2n) is 4.88. The fraction of sp³-hybridized carbons (Fsp3) is 0.533. The Morgan fingerprint density at radius 3 is 2.79 bits per heavy atom. The molecule has 0 unspecified atom stereocenters. The zero-order chi connectivity index (χ0) is 13.7. The maximum Gasteiger partial charge on any atom is 0.337 e. The molecule has 0 saturated carbocycles. The summed E-state index contributed by atoms with van der Waals surface area (Å²) < 4.78 is 4.72. The van der Waals surface area contributed by atoms with Gasteiger partial charge in [0.05, 0.1) is 12.7 Å². The lowest BCUT2D eigenvalue weighted by atomic mass is 10.1. The minimum Gasteiger partial charge on any atom is -0.465 e. The van der Waals surface area contributed by atoms with E-state index < -0.39 is 0 Å². The summed E-state index contributed by atoms with van der Waals surface area (Å²) in [6.07, 6.45) is 2.37. The third kappa shape index (κ3) is 3.26. The van der Waals surface area contributed by atoms with Gasteiger partial charge in [0.15, 0.2) is 0 Å². The molecule has 1 atom stereocenters. The SMILES string of the molecule is CCC[C@H]1CNCCN1c1ccc(C(=O)OC)cc1. The Balaban J connectivity index is 2.13. The molecule has 0 radical (unpaired) electrons. The lowest BCUT2D eigenvalue weighted by Crippen LogP contribution is -2.51. The van der Waals surface area contributed by atoms with Crippen LogP contribution in [0.15, 0.2) is 24.3 Å². The van der Waals surface area contributed by atoms with E-state index in [0.717, 1.165) is 19.6 Å². The van der Waals surface area contributed by atoms with Gasteiger partial charge >= 0.3 is 5.97 Å². The lowest BCUT2D eigenvalue weighted by Gasteiger charge is -2.38. The molecule has 1 heterocycles. The van der Waals surface area contributed by atoms with E-state index in [1.807, 2.05) is 24.3 Å². The minimum absolute atomic E-state index is 0.281. The number of ether oxygens (including phenoxy) is 1. The second kappa shape index (κ2) is 6.57. The molecule has 1 aliphatic rings. The van der Waals surface area contributed by atoms with Crippen molar-refractivity contribution in [2.45, 2.75) is 25.8 Å². The summed E-state index contributed by atoms with van der Waals surface area (Å²) in [4.78, 5) is 13.9. The van der Waals surface area contributed by atoms with Crippen LogP contribution in [0, 0.1) is 0 Å². The molecule has 1 aromatic carbocycles. The Hall–Kier alpha value is -1.55. The summed E-state index contributed by atoms with van der Waals surface area (Å²) in [5.74, 6) is -0.281. The summed E-state index contributed by atoms with van der Waals surface area (Å²) >= 11 is 0. The molecule has 4 nitrogen and oxygen atoms in total. The van der Waals surface area contributed by atoms with Crippen molar-refractivity contribution >= 4 is 11.7 Å².